The molecule has 0 spiro atoms. The lowest BCUT2D eigenvalue weighted by Gasteiger charge is -2.33. The van der Waals surface area contributed by atoms with Crippen molar-refractivity contribution in [1.82, 2.24) is 9.62 Å². The van der Waals surface area contributed by atoms with Crippen molar-refractivity contribution in [3.05, 3.63) is 30.3 Å². The monoisotopic (exact) mass is 361 g/mol. The molecule has 0 aromatic heterocycles. The lowest BCUT2D eigenvalue weighted by molar-refractivity contribution is -0.125. The number of nitrogens with two attached hydrogens (primary N) is 1. The minimum atomic E-state index is -3.64. The molecule has 23 heavy (non-hydrogen) atoms. The van der Waals surface area contributed by atoms with Crippen LogP contribution in [0, 0.1) is 0 Å². The maximum absolute atomic E-state index is 12.8. The number of hydrogen-bond donors (Lipinski definition) is 2. The molecule has 1 aliphatic rings. The normalized spacial score (nSPS) is 18.9. The number of piperidine rings is 1. The Morgan fingerprint density at radius 3 is 2.61 bits per heavy atom. The zero-order valence-electron chi connectivity index (χ0n) is 13.0. The Balaban J connectivity index is 0.00000264. The predicted molar refractivity (Wildman–Crippen MR) is 91.9 cm³/mol. The number of carbonyl (C=O) groups is 1. The van der Waals surface area contributed by atoms with Crippen molar-refractivity contribution in [3.8, 4) is 0 Å². The molecule has 0 bridgehead atoms. The van der Waals surface area contributed by atoms with E-state index in [1.54, 1.807) is 30.3 Å². The van der Waals surface area contributed by atoms with Gasteiger partial charge in [0.25, 0.3) is 0 Å². The molecule has 1 aromatic rings. The molecular weight excluding hydrogens is 338 g/mol. The number of halogens is 1. The molecule has 1 aromatic carbocycles. The van der Waals surface area contributed by atoms with Crippen molar-refractivity contribution in [2.75, 3.05) is 19.6 Å². The van der Waals surface area contributed by atoms with Gasteiger partial charge in [0.15, 0.2) is 0 Å². The van der Waals surface area contributed by atoms with E-state index in [9.17, 15) is 13.2 Å². The Morgan fingerprint density at radius 1 is 1.26 bits per heavy atom. The molecule has 0 radical (unpaired) electrons. The molecule has 130 valence electrons. The first-order valence-electron chi connectivity index (χ1n) is 7.62. The van der Waals surface area contributed by atoms with Gasteiger partial charge in [-0.1, -0.05) is 24.6 Å². The van der Waals surface area contributed by atoms with Gasteiger partial charge in [0, 0.05) is 13.1 Å². The van der Waals surface area contributed by atoms with E-state index in [2.05, 4.69) is 5.32 Å². The second kappa shape index (κ2) is 9.22. The predicted octanol–water partition coefficient (Wildman–Crippen LogP) is 1.12. The van der Waals surface area contributed by atoms with Crippen LogP contribution in [0.15, 0.2) is 35.2 Å². The van der Waals surface area contributed by atoms with Gasteiger partial charge in [-0.3, -0.25) is 4.79 Å². The average molecular weight is 362 g/mol. The fourth-order valence-electron chi connectivity index (χ4n) is 2.61. The number of nitrogens with one attached hydrogen (secondary N) is 1. The van der Waals surface area contributed by atoms with Gasteiger partial charge in [0.1, 0.15) is 6.04 Å². The topological polar surface area (TPSA) is 92.5 Å². The summed E-state index contributed by atoms with van der Waals surface area (Å²) in [4.78, 5) is 12.5. The number of hydrogen-bond acceptors (Lipinski definition) is 4. The second-order valence-electron chi connectivity index (χ2n) is 5.37. The highest BCUT2D eigenvalue weighted by atomic mass is 35.5. The maximum atomic E-state index is 12.8. The van der Waals surface area contributed by atoms with Gasteiger partial charge in [-0.15, -0.1) is 12.4 Å². The molecule has 8 heteroatoms. The van der Waals surface area contributed by atoms with Crippen LogP contribution < -0.4 is 11.1 Å². The summed E-state index contributed by atoms with van der Waals surface area (Å²) in [6.07, 6.45) is 2.87. The third-order valence-electron chi connectivity index (χ3n) is 3.79. The summed E-state index contributed by atoms with van der Waals surface area (Å²) in [5.41, 5.74) is 5.41. The largest absolute Gasteiger partial charge is 0.355 e. The molecule has 1 aliphatic heterocycles. The number of sulfonamides is 1. The van der Waals surface area contributed by atoms with Crippen molar-refractivity contribution >= 4 is 28.3 Å². The van der Waals surface area contributed by atoms with E-state index < -0.39 is 16.1 Å². The van der Waals surface area contributed by atoms with Crippen LogP contribution in [0.3, 0.4) is 0 Å². The zero-order valence-corrected chi connectivity index (χ0v) is 14.6. The molecule has 1 saturated heterocycles. The molecular formula is C15H24ClN3O3S. The van der Waals surface area contributed by atoms with Gasteiger partial charge in [-0.25, -0.2) is 8.42 Å². The summed E-state index contributed by atoms with van der Waals surface area (Å²) in [6, 6.07) is 7.64. The van der Waals surface area contributed by atoms with Crippen molar-refractivity contribution in [2.24, 2.45) is 5.73 Å². The highest BCUT2D eigenvalue weighted by Gasteiger charge is 2.37. The Bertz CT molecular complexity index is 595. The van der Waals surface area contributed by atoms with Crippen molar-refractivity contribution in [3.63, 3.8) is 0 Å². The molecule has 1 amide bonds. The molecule has 0 saturated carbocycles. The highest BCUT2D eigenvalue weighted by Crippen LogP contribution is 2.25. The van der Waals surface area contributed by atoms with Gasteiger partial charge < -0.3 is 11.1 Å². The van der Waals surface area contributed by atoms with Crippen molar-refractivity contribution in [2.45, 2.75) is 36.6 Å². The second-order valence-corrected chi connectivity index (χ2v) is 7.26. The Hall–Kier alpha value is -1.15. The molecule has 3 N–H and O–H groups in total. The summed E-state index contributed by atoms with van der Waals surface area (Å²) in [6.45, 7) is 1.36. The molecule has 1 fully saturated rings. The zero-order chi connectivity index (χ0) is 16.0. The molecule has 1 heterocycles. The molecule has 1 unspecified atom stereocenters. The summed E-state index contributed by atoms with van der Waals surface area (Å²) in [5, 5.41) is 2.78. The first-order valence-corrected chi connectivity index (χ1v) is 9.06. The number of rotatable bonds is 6. The molecule has 1 atom stereocenters. The van der Waals surface area contributed by atoms with Crippen LogP contribution in [0.1, 0.15) is 25.7 Å². The summed E-state index contributed by atoms with van der Waals surface area (Å²) in [5.74, 6) is -0.229. The van der Waals surface area contributed by atoms with E-state index in [4.69, 9.17) is 5.73 Å². The minimum absolute atomic E-state index is 0. The van der Waals surface area contributed by atoms with Gasteiger partial charge in [-0.2, -0.15) is 4.31 Å². The third-order valence-corrected chi connectivity index (χ3v) is 5.71. The number of carbonyl (C=O) groups excluding carboxylic acids is 1. The number of nitrogens with zero attached hydrogens (tertiary/aromatic N) is 1. The summed E-state index contributed by atoms with van der Waals surface area (Å²) >= 11 is 0. The third kappa shape index (κ3) is 4.91. The van der Waals surface area contributed by atoms with Crippen LogP contribution in [-0.2, 0) is 14.8 Å². The van der Waals surface area contributed by atoms with E-state index in [-0.39, 0.29) is 23.2 Å². The van der Waals surface area contributed by atoms with Gasteiger partial charge in [-0.05, 0) is 37.9 Å². The summed E-state index contributed by atoms with van der Waals surface area (Å²) < 4.78 is 26.9. The fraction of sp³-hybridized carbons (Fsp3) is 0.533. The Kier molecular flexibility index (Phi) is 7.98. The van der Waals surface area contributed by atoms with E-state index >= 15 is 0 Å². The maximum Gasteiger partial charge on any atom is 0.243 e. The van der Waals surface area contributed by atoms with E-state index in [1.807, 2.05) is 0 Å². The van der Waals surface area contributed by atoms with Crippen LogP contribution in [0.25, 0.3) is 0 Å². The Labute approximate surface area is 143 Å². The van der Waals surface area contributed by atoms with Crippen LogP contribution >= 0.6 is 12.4 Å². The van der Waals surface area contributed by atoms with Gasteiger partial charge in [0.05, 0.1) is 4.90 Å². The van der Waals surface area contributed by atoms with E-state index in [0.717, 1.165) is 12.8 Å². The van der Waals surface area contributed by atoms with Crippen LogP contribution in [0.5, 0.6) is 0 Å². The van der Waals surface area contributed by atoms with E-state index in [0.29, 0.717) is 32.5 Å². The highest BCUT2D eigenvalue weighted by molar-refractivity contribution is 7.89. The number of amides is 1. The van der Waals surface area contributed by atoms with Gasteiger partial charge >= 0.3 is 0 Å². The quantitative estimate of drug-likeness (QED) is 0.742. The first-order chi connectivity index (χ1) is 10.6. The standard InChI is InChI=1S/C15H23N3O3S.ClH/c16-10-6-11-17-15(19)14-9-4-5-12-18(14)22(20,21)13-7-2-1-3-8-13;/h1-3,7-8,14H,4-6,9-12,16H2,(H,17,19);1H. The summed E-state index contributed by atoms with van der Waals surface area (Å²) in [7, 11) is -3.64. The molecule has 6 nitrogen and oxygen atoms in total. The fourth-order valence-corrected chi connectivity index (χ4v) is 4.29. The number of benzene rings is 1. The van der Waals surface area contributed by atoms with E-state index in [1.165, 1.54) is 4.31 Å². The smallest absolute Gasteiger partial charge is 0.243 e. The van der Waals surface area contributed by atoms with Crippen LogP contribution in [0.4, 0.5) is 0 Å². The van der Waals surface area contributed by atoms with Crippen LogP contribution in [-0.4, -0.2) is 44.3 Å². The average Bonchev–Trinajstić information content (AvgIpc) is 2.56. The minimum Gasteiger partial charge on any atom is -0.355 e. The Morgan fingerprint density at radius 2 is 1.96 bits per heavy atom. The lowest BCUT2D eigenvalue weighted by atomic mass is 10.0. The lowest BCUT2D eigenvalue weighted by Crippen LogP contribution is -2.52. The van der Waals surface area contributed by atoms with Crippen molar-refractivity contribution < 1.29 is 13.2 Å². The SMILES string of the molecule is Cl.NCCCNC(=O)C1CCCCN1S(=O)(=O)c1ccccc1. The molecule has 2 rings (SSSR count). The van der Waals surface area contributed by atoms with Gasteiger partial charge in [0.2, 0.25) is 15.9 Å². The van der Waals surface area contributed by atoms with Crippen molar-refractivity contribution in [1.29, 1.82) is 0 Å². The molecule has 0 aliphatic carbocycles. The van der Waals surface area contributed by atoms with Crippen LogP contribution in [0.2, 0.25) is 0 Å². The first kappa shape index (κ1) is 19.9.